The summed E-state index contributed by atoms with van der Waals surface area (Å²) in [6.07, 6.45) is 2.17. The number of hydrogen-bond acceptors (Lipinski definition) is 6. The van der Waals surface area contributed by atoms with Gasteiger partial charge in [-0.2, -0.15) is 5.10 Å². The molecule has 148 valence electrons. The summed E-state index contributed by atoms with van der Waals surface area (Å²) in [5.74, 6) is -0.744. The van der Waals surface area contributed by atoms with E-state index in [0.717, 1.165) is 5.56 Å². The summed E-state index contributed by atoms with van der Waals surface area (Å²) in [6.45, 7) is 4.08. The lowest BCUT2D eigenvalue weighted by atomic mass is 9.89. The van der Waals surface area contributed by atoms with Gasteiger partial charge in [0.2, 0.25) is 5.60 Å². The van der Waals surface area contributed by atoms with Crippen LogP contribution in [-0.4, -0.2) is 46.6 Å². The summed E-state index contributed by atoms with van der Waals surface area (Å²) in [5, 5.41) is 11.0. The van der Waals surface area contributed by atoms with Crippen molar-refractivity contribution < 1.29 is 19.2 Å². The minimum atomic E-state index is -1.21. The summed E-state index contributed by atoms with van der Waals surface area (Å²) >= 11 is 0. The first-order valence-corrected chi connectivity index (χ1v) is 9.13. The first kappa shape index (κ1) is 19.6. The SMILES string of the molecule is COC(=O)C1(Cc2ccccc2)CC(CNC(=O)c2ccnn2C(C)C)=NO1. The molecule has 2 heterocycles. The molecule has 1 N–H and O–H groups in total. The molecule has 8 nitrogen and oxygen atoms in total. The van der Waals surface area contributed by atoms with Crippen molar-refractivity contribution in [2.24, 2.45) is 5.16 Å². The number of amides is 1. The van der Waals surface area contributed by atoms with Crippen LogP contribution < -0.4 is 5.32 Å². The van der Waals surface area contributed by atoms with Crippen LogP contribution in [0.3, 0.4) is 0 Å². The molecule has 0 saturated heterocycles. The number of methoxy groups -OCH3 is 1. The lowest BCUT2D eigenvalue weighted by Gasteiger charge is -2.23. The van der Waals surface area contributed by atoms with Crippen LogP contribution in [0.25, 0.3) is 0 Å². The molecular weight excluding hydrogens is 360 g/mol. The highest BCUT2D eigenvalue weighted by molar-refractivity contribution is 5.99. The maximum absolute atomic E-state index is 12.5. The summed E-state index contributed by atoms with van der Waals surface area (Å²) in [5.41, 5.74) is 0.771. The Bertz CT molecular complexity index is 875. The van der Waals surface area contributed by atoms with Crippen LogP contribution in [0.5, 0.6) is 0 Å². The van der Waals surface area contributed by atoms with E-state index in [0.29, 0.717) is 17.8 Å². The molecule has 8 heteroatoms. The van der Waals surface area contributed by atoms with E-state index in [1.54, 1.807) is 16.9 Å². The Morgan fingerprint density at radius 1 is 1.29 bits per heavy atom. The molecule has 0 saturated carbocycles. The number of hydrogen-bond donors (Lipinski definition) is 1. The minimum absolute atomic E-state index is 0.0701. The van der Waals surface area contributed by atoms with E-state index in [4.69, 9.17) is 9.57 Å². The molecule has 0 aliphatic carbocycles. The number of ether oxygens (including phenoxy) is 1. The van der Waals surface area contributed by atoms with E-state index >= 15 is 0 Å². The first-order chi connectivity index (χ1) is 13.4. The molecule has 1 aromatic carbocycles. The van der Waals surface area contributed by atoms with Crippen LogP contribution in [0.15, 0.2) is 47.8 Å². The molecular formula is C20H24N4O4. The largest absolute Gasteiger partial charge is 0.466 e. The molecule has 1 aliphatic rings. The summed E-state index contributed by atoms with van der Waals surface area (Å²) in [7, 11) is 1.32. The number of benzene rings is 1. The van der Waals surface area contributed by atoms with E-state index in [2.05, 4.69) is 15.6 Å². The zero-order valence-electron chi connectivity index (χ0n) is 16.2. The van der Waals surface area contributed by atoms with E-state index in [9.17, 15) is 9.59 Å². The lowest BCUT2D eigenvalue weighted by molar-refractivity contribution is -0.166. The molecule has 1 aliphatic heterocycles. The molecule has 1 amide bonds. The first-order valence-electron chi connectivity index (χ1n) is 9.13. The average molecular weight is 384 g/mol. The van der Waals surface area contributed by atoms with Crippen LogP contribution in [0.2, 0.25) is 0 Å². The zero-order chi connectivity index (χ0) is 20.1. The fourth-order valence-electron chi connectivity index (χ4n) is 3.21. The molecule has 0 spiro atoms. The van der Waals surface area contributed by atoms with Crippen molar-refractivity contribution in [3.05, 3.63) is 53.9 Å². The summed E-state index contributed by atoms with van der Waals surface area (Å²) in [4.78, 5) is 30.4. The average Bonchev–Trinajstić information content (AvgIpc) is 3.34. The van der Waals surface area contributed by atoms with Crippen molar-refractivity contribution in [2.45, 2.75) is 38.3 Å². The monoisotopic (exact) mass is 384 g/mol. The van der Waals surface area contributed by atoms with Crippen LogP contribution in [0.1, 0.15) is 42.4 Å². The van der Waals surface area contributed by atoms with Gasteiger partial charge in [0.15, 0.2) is 0 Å². The Balaban J connectivity index is 1.65. The van der Waals surface area contributed by atoms with Gasteiger partial charge in [-0.15, -0.1) is 0 Å². The molecule has 0 bridgehead atoms. The van der Waals surface area contributed by atoms with Gasteiger partial charge < -0.3 is 14.9 Å². The van der Waals surface area contributed by atoms with Gasteiger partial charge >= 0.3 is 5.97 Å². The fraction of sp³-hybridized carbons (Fsp3) is 0.400. The maximum Gasteiger partial charge on any atom is 0.353 e. The highest BCUT2D eigenvalue weighted by Gasteiger charge is 2.47. The lowest BCUT2D eigenvalue weighted by Crippen LogP contribution is -2.43. The molecule has 0 radical (unpaired) electrons. The quantitative estimate of drug-likeness (QED) is 0.738. The molecule has 0 fully saturated rings. The Kier molecular flexibility index (Phi) is 5.77. The van der Waals surface area contributed by atoms with Crippen molar-refractivity contribution in [2.75, 3.05) is 13.7 Å². The number of nitrogens with one attached hydrogen (secondary N) is 1. The Morgan fingerprint density at radius 3 is 2.71 bits per heavy atom. The smallest absolute Gasteiger partial charge is 0.353 e. The fourth-order valence-corrected chi connectivity index (χ4v) is 3.21. The second-order valence-corrected chi connectivity index (χ2v) is 7.01. The Hall–Kier alpha value is -3.16. The van der Waals surface area contributed by atoms with Gasteiger partial charge in [0.25, 0.3) is 5.91 Å². The predicted octanol–water partition coefficient (Wildman–Crippen LogP) is 2.12. The van der Waals surface area contributed by atoms with Crippen LogP contribution in [0.4, 0.5) is 0 Å². The third-order valence-electron chi connectivity index (χ3n) is 4.57. The number of nitrogens with zero attached hydrogens (tertiary/aromatic N) is 3. The molecule has 3 rings (SSSR count). The normalized spacial score (nSPS) is 18.5. The molecule has 1 unspecified atom stereocenters. The highest BCUT2D eigenvalue weighted by Crippen LogP contribution is 2.29. The molecule has 1 aromatic heterocycles. The topological polar surface area (TPSA) is 94.8 Å². The number of aromatic nitrogens is 2. The van der Waals surface area contributed by atoms with E-state index in [1.807, 2.05) is 44.2 Å². The minimum Gasteiger partial charge on any atom is -0.466 e. The van der Waals surface area contributed by atoms with E-state index in [-0.39, 0.29) is 24.9 Å². The number of carbonyl (C=O) groups is 2. The highest BCUT2D eigenvalue weighted by atomic mass is 16.7. The number of carbonyl (C=O) groups excluding carboxylic acids is 2. The Morgan fingerprint density at radius 2 is 2.04 bits per heavy atom. The van der Waals surface area contributed by atoms with Gasteiger partial charge in [-0.05, 0) is 25.5 Å². The number of oxime groups is 1. The second-order valence-electron chi connectivity index (χ2n) is 7.01. The standard InChI is InChI=1S/C20H24N4O4/c1-14(2)24-17(9-10-22-24)18(25)21-13-16-12-20(28-23-16,19(26)27-3)11-15-7-5-4-6-8-15/h4-10,14H,11-13H2,1-3H3,(H,21,25). The summed E-state index contributed by atoms with van der Waals surface area (Å²) < 4.78 is 6.60. The molecule has 1 atom stereocenters. The van der Waals surface area contributed by atoms with Crippen molar-refractivity contribution >= 4 is 17.6 Å². The number of rotatable bonds is 7. The van der Waals surface area contributed by atoms with Gasteiger partial charge in [-0.25, -0.2) is 4.79 Å². The summed E-state index contributed by atoms with van der Waals surface area (Å²) in [6, 6.07) is 11.3. The van der Waals surface area contributed by atoms with Gasteiger partial charge in [0, 0.05) is 25.1 Å². The van der Waals surface area contributed by atoms with E-state index < -0.39 is 11.6 Å². The van der Waals surface area contributed by atoms with Crippen LogP contribution in [-0.2, 0) is 20.8 Å². The van der Waals surface area contributed by atoms with Gasteiger partial charge in [-0.1, -0.05) is 35.5 Å². The zero-order valence-corrected chi connectivity index (χ0v) is 16.2. The molecule has 2 aromatic rings. The van der Waals surface area contributed by atoms with Gasteiger partial charge in [0.05, 0.1) is 19.4 Å². The maximum atomic E-state index is 12.5. The van der Waals surface area contributed by atoms with Crippen LogP contribution >= 0.6 is 0 Å². The second kappa shape index (κ2) is 8.24. The predicted molar refractivity (Wildman–Crippen MR) is 103 cm³/mol. The van der Waals surface area contributed by atoms with Gasteiger partial charge in [0.1, 0.15) is 5.69 Å². The van der Waals surface area contributed by atoms with Crippen molar-refractivity contribution in [1.82, 2.24) is 15.1 Å². The third kappa shape index (κ3) is 4.05. The van der Waals surface area contributed by atoms with Crippen LogP contribution in [0, 0.1) is 0 Å². The third-order valence-corrected chi connectivity index (χ3v) is 4.57. The van der Waals surface area contributed by atoms with E-state index in [1.165, 1.54) is 7.11 Å². The van der Waals surface area contributed by atoms with Crippen molar-refractivity contribution in [1.29, 1.82) is 0 Å². The molecule has 28 heavy (non-hydrogen) atoms. The van der Waals surface area contributed by atoms with Gasteiger partial charge in [-0.3, -0.25) is 9.48 Å². The van der Waals surface area contributed by atoms with Crippen molar-refractivity contribution in [3.63, 3.8) is 0 Å². The number of esters is 1. The Labute approximate surface area is 163 Å². The van der Waals surface area contributed by atoms with Crippen molar-refractivity contribution in [3.8, 4) is 0 Å².